The van der Waals surface area contributed by atoms with Crippen molar-refractivity contribution in [1.29, 1.82) is 0 Å². The molecule has 1 aromatic rings. The molecule has 0 radical (unpaired) electrons. The minimum absolute atomic E-state index is 0.0671. The number of ether oxygens (including phenoxy) is 1. The van der Waals surface area contributed by atoms with Gasteiger partial charge in [0.1, 0.15) is 5.75 Å². The summed E-state index contributed by atoms with van der Waals surface area (Å²) in [6.45, 7) is 2.50. The van der Waals surface area contributed by atoms with Crippen molar-refractivity contribution in [3.63, 3.8) is 0 Å². The highest BCUT2D eigenvalue weighted by Gasteiger charge is 2.37. The van der Waals surface area contributed by atoms with Crippen LogP contribution in [0.3, 0.4) is 0 Å². The molecule has 1 fully saturated rings. The van der Waals surface area contributed by atoms with Gasteiger partial charge in [0.25, 0.3) is 0 Å². The van der Waals surface area contributed by atoms with Crippen LogP contribution in [0.1, 0.15) is 38.2 Å². The highest BCUT2D eigenvalue weighted by atomic mass is 16.5. The molecule has 2 atom stereocenters. The van der Waals surface area contributed by atoms with E-state index in [1.807, 2.05) is 31.2 Å². The van der Waals surface area contributed by atoms with Crippen molar-refractivity contribution in [3.05, 3.63) is 29.8 Å². The monoisotopic (exact) mass is 276 g/mol. The van der Waals surface area contributed by atoms with Crippen LogP contribution in [-0.4, -0.2) is 18.6 Å². The molecule has 1 aromatic carbocycles. The minimum atomic E-state index is -0.378. The lowest BCUT2D eigenvalue weighted by molar-refractivity contribution is -0.128. The molecule has 1 amide bonds. The van der Waals surface area contributed by atoms with E-state index in [1.54, 1.807) is 7.11 Å². The summed E-state index contributed by atoms with van der Waals surface area (Å²) in [6.07, 6.45) is 4.01. The molecule has 0 heterocycles. The van der Waals surface area contributed by atoms with E-state index in [9.17, 15) is 4.79 Å². The zero-order valence-corrected chi connectivity index (χ0v) is 12.3. The standard InChI is InChI=1S/C16H24N2O2/c1-16(17)9-4-3-8-14(16)15(19)18-11-12-6-5-7-13(10-12)20-2/h5-7,10,14H,3-4,8-9,11,17H2,1-2H3,(H,18,19). The van der Waals surface area contributed by atoms with Crippen LogP contribution in [0.5, 0.6) is 5.75 Å². The SMILES string of the molecule is COc1cccc(CNC(=O)C2CCCCC2(C)N)c1. The molecule has 1 aliphatic carbocycles. The summed E-state index contributed by atoms with van der Waals surface area (Å²) in [5, 5.41) is 3.00. The van der Waals surface area contributed by atoms with E-state index >= 15 is 0 Å². The maximum absolute atomic E-state index is 12.3. The first kappa shape index (κ1) is 14.9. The Morgan fingerprint density at radius 1 is 1.50 bits per heavy atom. The molecule has 0 saturated heterocycles. The van der Waals surface area contributed by atoms with E-state index in [0.717, 1.165) is 37.0 Å². The van der Waals surface area contributed by atoms with Crippen LogP contribution in [0.2, 0.25) is 0 Å². The number of carbonyl (C=O) groups excluding carboxylic acids is 1. The number of methoxy groups -OCH3 is 1. The number of nitrogens with two attached hydrogens (primary N) is 1. The summed E-state index contributed by atoms with van der Waals surface area (Å²) in [6, 6.07) is 7.73. The summed E-state index contributed by atoms with van der Waals surface area (Å²) in [7, 11) is 1.64. The average Bonchev–Trinajstić information content (AvgIpc) is 2.44. The molecule has 4 heteroatoms. The Bertz CT molecular complexity index is 471. The highest BCUT2D eigenvalue weighted by molar-refractivity contribution is 5.80. The predicted octanol–water partition coefficient (Wildman–Crippen LogP) is 2.22. The van der Waals surface area contributed by atoms with Crippen LogP contribution in [0.25, 0.3) is 0 Å². The van der Waals surface area contributed by atoms with Gasteiger partial charge in [0.15, 0.2) is 0 Å². The zero-order valence-electron chi connectivity index (χ0n) is 12.3. The van der Waals surface area contributed by atoms with Crippen molar-refractivity contribution in [1.82, 2.24) is 5.32 Å². The van der Waals surface area contributed by atoms with E-state index in [-0.39, 0.29) is 17.4 Å². The number of benzene rings is 1. The Balaban J connectivity index is 1.94. The largest absolute Gasteiger partial charge is 0.497 e. The van der Waals surface area contributed by atoms with Crippen LogP contribution in [-0.2, 0) is 11.3 Å². The molecule has 3 N–H and O–H groups in total. The van der Waals surface area contributed by atoms with Crippen molar-refractivity contribution in [2.45, 2.75) is 44.7 Å². The van der Waals surface area contributed by atoms with Crippen molar-refractivity contribution < 1.29 is 9.53 Å². The van der Waals surface area contributed by atoms with Crippen molar-refractivity contribution in [2.75, 3.05) is 7.11 Å². The van der Waals surface area contributed by atoms with Gasteiger partial charge in [-0.3, -0.25) is 4.79 Å². The third-order valence-corrected chi connectivity index (χ3v) is 4.17. The lowest BCUT2D eigenvalue weighted by Crippen LogP contribution is -2.52. The van der Waals surface area contributed by atoms with Gasteiger partial charge in [0, 0.05) is 12.1 Å². The molecule has 1 saturated carbocycles. The molecule has 4 nitrogen and oxygen atoms in total. The van der Waals surface area contributed by atoms with Gasteiger partial charge < -0.3 is 15.8 Å². The molecule has 110 valence electrons. The second kappa shape index (κ2) is 6.27. The van der Waals surface area contributed by atoms with E-state index in [4.69, 9.17) is 10.5 Å². The second-order valence-corrected chi connectivity index (χ2v) is 5.87. The van der Waals surface area contributed by atoms with Gasteiger partial charge in [-0.25, -0.2) is 0 Å². The zero-order chi connectivity index (χ0) is 14.6. The Hall–Kier alpha value is -1.55. The maximum atomic E-state index is 12.3. The second-order valence-electron chi connectivity index (χ2n) is 5.87. The van der Waals surface area contributed by atoms with Crippen LogP contribution < -0.4 is 15.8 Å². The van der Waals surface area contributed by atoms with Gasteiger partial charge in [0.05, 0.1) is 13.0 Å². The lowest BCUT2D eigenvalue weighted by atomic mass is 9.74. The molecular formula is C16H24N2O2. The Morgan fingerprint density at radius 3 is 3.00 bits per heavy atom. The van der Waals surface area contributed by atoms with Crippen molar-refractivity contribution in [2.24, 2.45) is 11.7 Å². The summed E-state index contributed by atoms with van der Waals surface area (Å²) >= 11 is 0. The van der Waals surface area contributed by atoms with E-state index in [1.165, 1.54) is 0 Å². The molecule has 20 heavy (non-hydrogen) atoms. The Kier molecular flexibility index (Phi) is 4.65. The van der Waals surface area contributed by atoms with Gasteiger partial charge in [0.2, 0.25) is 5.91 Å². The predicted molar refractivity (Wildman–Crippen MR) is 79.4 cm³/mol. The first-order valence-corrected chi connectivity index (χ1v) is 7.22. The molecule has 1 aliphatic rings. The Morgan fingerprint density at radius 2 is 2.30 bits per heavy atom. The molecule has 0 bridgehead atoms. The van der Waals surface area contributed by atoms with Crippen molar-refractivity contribution >= 4 is 5.91 Å². The maximum Gasteiger partial charge on any atom is 0.225 e. The van der Waals surface area contributed by atoms with Gasteiger partial charge in [-0.1, -0.05) is 25.0 Å². The van der Waals surface area contributed by atoms with Crippen molar-refractivity contribution in [3.8, 4) is 5.75 Å². The van der Waals surface area contributed by atoms with E-state index < -0.39 is 0 Å². The van der Waals surface area contributed by atoms with Gasteiger partial charge in [-0.05, 0) is 37.5 Å². The highest BCUT2D eigenvalue weighted by Crippen LogP contribution is 2.31. The third-order valence-electron chi connectivity index (χ3n) is 4.17. The summed E-state index contributed by atoms with van der Waals surface area (Å²) in [5.41, 5.74) is 6.91. The van der Waals surface area contributed by atoms with Crippen LogP contribution >= 0.6 is 0 Å². The van der Waals surface area contributed by atoms with Crippen LogP contribution in [0.4, 0.5) is 0 Å². The first-order chi connectivity index (χ1) is 9.53. The fourth-order valence-corrected chi connectivity index (χ4v) is 2.88. The fourth-order valence-electron chi connectivity index (χ4n) is 2.88. The minimum Gasteiger partial charge on any atom is -0.497 e. The summed E-state index contributed by atoms with van der Waals surface area (Å²) in [4.78, 5) is 12.3. The molecule has 0 aliphatic heterocycles. The smallest absolute Gasteiger partial charge is 0.225 e. The number of hydrogen-bond donors (Lipinski definition) is 2. The first-order valence-electron chi connectivity index (χ1n) is 7.22. The summed E-state index contributed by atoms with van der Waals surface area (Å²) < 4.78 is 5.18. The molecule has 2 unspecified atom stereocenters. The lowest BCUT2D eigenvalue weighted by Gasteiger charge is -2.37. The number of hydrogen-bond acceptors (Lipinski definition) is 3. The van der Waals surface area contributed by atoms with Crippen LogP contribution in [0, 0.1) is 5.92 Å². The average molecular weight is 276 g/mol. The number of nitrogens with one attached hydrogen (secondary N) is 1. The normalized spacial score (nSPS) is 26.1. The summed E-state index contributed by atoms with van der Waals surface area (Å²) in [5.74, 6) is 0.789. The van der Waals surface area contributed by atoms with Crippen LogP contribution in [0.15, 0.2) is 24.3 Å². The quantitative estimate of drug-likeness (QED) is 0.886. The topological polar surface area (TPSA) is 64.3 Å². The fraction of sp³-hybridized carbons (Fsp3) is 0.562. The molecule has 0 spiro atoms. The molecule has 0 aromatic heterocycles. The van der Waals surface area contributed by atoms with E-state index in [0.29, 0.717) is 6.54 Å². The third kappa shape index (κ3) is 3.51. The molecular weight excluding hydrogens is 252 g/mol. The molecule has 2 rings (SSSR count). The van der Waals surface area contributed by atoms with Gasteiger partial charge >= 0.3 is 0 Å². The number of carbonyl (C=O) groups is 1. The number of amides is 1. The van der Waals surface area contributed by atoms with Gasteiger partial charge in [-0.15, -0.1) is 0 Å². The van der Waals surface area contributed by atoms with Gasteiger partial charge in [-0.2, -0.15) is 0 Å². The van der Waals surface area contributed by atoms with E-state index in [2.05, 4.69) is 5.32 Å². The number of rotatable bonds is 4. The Labute approximate surface area is 120 Å².